The van der Waals surface area contributed by atoms with E-state index in [0.717, 1.165) is 21.7 Å². The molecule has 0 aliphatic rings. The number of aromatic nitrogens is 2. The molecule has 0 spiro atoms. The van der Waals surface area contributed by atoms with Crippen molar-refractivity contribution in [3.8, 4) is 0 Å². The van der Waals surface area contributed by atoms with Crippen LogP contribution >= 0.6 is 11.3 Å². The van der Waals surface area contributed by atoms with E-state index in [4.69, 9.17) is 4.74 Å². The van der Waals surface area contributed by atoms with Crippen molar-refractivity contribution >= 4 is 27.5 Å². The Balaban J connectivity index is 2.10. The van der Waals surface area contributed by atoms with E-state index in [1.807, 2.05) is 19.1 Å². The number of benzene rings is 1. The number of fused-ring (bicyclic) bond motifs is 1. The number of methoxy groups -OCH3 is 1. The van der Waals surface area contributed by atoms with Crippen molar-refractivity contribution in [2.75, 3.05) is 13.7 Å². The maximum absolute atomic E-state index is 13.0. The summed E-state index contributed by atoms with van der Waals surface area (Å²) in [5.74, 6) is -0.340. The van der Waals surface area contributed by atoms with Gasteiger partial charge in [-0.25, -0.2) is 9.78 Å². The van der Waals surface area contributed by atoms with Crippen LogP contribution in [0.25, 0.3) is 10.2 Å². The Morgan fingerprint density at radius 2 is 2.15 bits per heavy atom. The summed E-state index contributed by atoms with van der Waals surface area (Å²) in [6, 6.07) is 8.52. The topological polar surface area (TPSA) is 81.4 Å². The average Bonchev–Trinajstić information content (AvgIpc) is 3.06. The van der Waals surface area contributed by atoms with Crippen LogP contribution in [0.1, 0.15) is 33.5 Å². The molecule has 2 heterocycles. The number of thiophene rings is 1. The van der Waals surface area contributed by atoms with Crippen LogP contribution in [0.3, 0.4) is 0 Å². The van der Waals surface area contributed by atoms with Crippen molar-refractivity contribution in [3.05, 3.63) is 62.5 Å². The minimum absolute atomic E-state index is 0.0993. The molecular formula is C19H20N2O4S. The van der Waals surface area contributed by atoms with Crippen molar-refractivity contribution in [1.29, 1.82) is 0 Å². The van der Waals surface area contributed by atoms with Gasteiger partial charge in [-0.3, -0.25) is 9.36 Å². The largest absolute Gasteiger partial charge is 0.478 e. The molecule has 0 atom stereocenters. The third kappa shape index (κ3) is 3.68. The van der Waals surface area contributed by atoms with Crippen molar-refractivity contribution < 1.29 is 14.6 Å². The van der Waals surface area contributed by atoms with Gasteiger partial charge >= 0.3 is 5.97 Å². The zero-order valence-electron chi connectivity index (χ0n) is 14.7. The van der Waals surface area contributed by atoms with Crippen molar-refractivity contribution in [1.82, 2.24) is 9.55 Å². The first kappa shape index (κ1) is 18.3. The van der Waals surface area contributed by atoms with Crippen LogP contribution in [0.4, 0.5) is 0 Å². The Morgan fingerprint density at radius 3 is 2.85 bits per heavy atom. The van der Waals surface area contributed by atoms with Gasteiger partial charge in [-0.2, -0.15) is 0 Å². The van der Waals surface area contributed by atoms with E-state index in [2.05, 4.69) is 4.98 Å². The maximum atomic E-state index is 13.0. The lowest BCUT2D eigenvalue weighted by Gasteiger charge is -2.12. The fourth-order valence-corrected chi connectivity index (χ4v) is 3.79. The van der Waals surface area contributed by atoms with Gasteiger partial charge in [0, 0.05) is 18.4 Å². The van der Waals surface area contributed by atoms with Crippen LogP contribution in [0.5, 0.6) is 0 Å². The molecule has 0 amide bonds. The summed E-state index contributed by atoms with van der Waals surface area (Å²) in [4.78, 5) is 30.8. The van der Waals surface area contributed by atoms with E-state index >= 15 is 0 Å². The van der Waals surface area contributed by atoms with E-state index < -0.39 is 5.97 Å². The third-order valence-corrected chi connectivity index (χ3v) is 5.35. The van der Waals surface area contributed by atoms with Crippen LogP contribution in [-0.2, 0) is 24.1 Å². The molecule has 0 aliphatic carbocycles. The summed E-state index contributed by atoms with van der Waals surface area (Å²) in [5, 5.41) is 9.79. The van der Waals surface area contributed by atoms with Crippen LogP contribution < -0.4 is 5.56 Å². The van der Waals surface area contributed by atoms with Crippen LogP contribution in [-0.4, -0.2) is 34.3 Å². The number of carbonyl (C=O) groups is 1. The zero-order valence-corrected chi connectivity index (χ0v) is 15.5. The highest BCUT2D eigenvalue weighted by Crippen LogP contribution is 2.22. The number of hydrogen-bond acceptors (Lipinski definition) is 5. The van der Waals surface area contributed by atoms with Gasteiger partial charge < -0.3 is 9.84 Å². The lowest BCUT2D eigenvalue weighted by atomic mass is 10.1. The Morgan fingerprint density at radius 1 is 1.35 bits per heavy atom. The highest BCUT2D eigenvalue weighted by Gasteiger charge is 2.15. The molecule has 3 rings (SSSR count). The van der Waals surface area contributed by atoms with E-state index in [0.29, 0.717) is 24.2 Å². The molecule has 136 valence electrons. The van der Waals surface area contributed by atoms with E-state index in [9.17, 15) is 14.7 Å². The number of hydrogen-bond donors (Lipinski definition) is 1. The number of aryl methyl sites for hydroxylation is 1. The second-order valence-electron chi connectivity index (χ2n) is 5.95. The molecular weight excluding hydrogens is 352 g/mol. The second-order valence-corrected chi connectivity index (χ2v) is 7.07. The fraction of sp³-hybridized carbons (Fsp3) is 0.316. The van der Waals surface area contributed by atoms with E-state index in [1.54, 1.807) is 23.8 Å². The molecule has 0 fully saturated rings. The highest BCUT2D eigenvalue weighted by molar-refractivity contribution is 7.18. The predicted molar refractivity (Wildman–Crippen MR) is 101 cm³/mol. The molecule has 1 aromatic carbocycles. The lowest BCUT2D eigenvalue weighted by Crippen LogP contribution is -2.26. The molecule has 1 N–H and O–H groups in total. The second kappa shape index (κ2) is 7.80. The Hall–Kier alpha value is -2.51. The number of aromatic carboxylic acids is 1. The van der Waals surface area contributed by atoms with Crippen LogP contribution in [0.15, 0.2) is 35.1 Å². The lowest BCUT2D eigenvalue weighted by molar-refractivity contribution is 0.0696. The summed E-state index contributed by atoms with van der Waals surface area (Å²) in [6.45, 7) is 2.78. The summed E-state index contributed by atoms with van der Waals surface area (Å²) in [5.41, 5.74) is 0.849. The van der Waals surface area contributed by atoms with Gasteiger partial charge in [0.1, 0.15) is 10.7 Å². The molecule has 0 radical (unpaired) electrons. The number of carboxylic acid groups (broad SMARTS) is 1. The van der Waals surface area contributed by atoms with Crippen molar-refractivity contribution in [2.45, 2.75) is 26.3 Å². The van der Waals surface area contributed by atoms with Crippen molar-refractivity contribution in [3.63, 3.8) is 0 Å². The van der Waals surface area contributed by atoms with Gasteiger partial charge in [-0.15, -0.1) is 11.3 Å². The van der Waals surface area contributed by atoms with Crippen LogP contribution in [0.2, 0.25) is 0 Å². The molecule has 0 saturated heterocycles. The SMILES string of the molecule is CCc1cc2c(=O)n(Cc3cccc(C(=O)O)c3)c(CCOC)nc2s1. The van der Waals surface area contributed by atoms with Crippen LogP contribution in [0, 0.1) is 0 Å². The first-order chi connectivity index (χ1) is 12.5. The summed E-state index contributed by atoms with van der Waals surface area (Å²) in [7, 11) is 1.61. The molecule has 7 heteroatoms. The fourth-order valence-electron chi connectivity index (χ4n) is 2.81. The Kier molecular flexibility index (Phi) is 5.49. The molecule has 0 saturated carbocycles. The Bertz CT molecular complexity index is 1010. The number of ether oxygens (including phenoxy) is 1. The van der Waals surface area contributed by atoms with Gasteiger partial charge in [0.05, 0.1) is 24.1 Å². The molecule has 3 aromatic rings. The van der Waals surface area contributed by atoms with Gasteiger partial charge in [-0.1, -0.05) is 19.1 Å². The highest BCUT2D eigenvalue weighted by atomic mass is 32.1. The number of nitrogens with zero attached hydrogens (tertiary/aromatic N) is 2. The standard InChI is InChI=1S/C19H20N2O4S/c1-3-14-10-15-17(26-14)20-16(7-8-25-2)21(18(15)22)11-12-5-4-6-13(9-12)19(23)24/h4-6,9-10H,3,7-8,11H2,1-2H3,(H,23,24). The van der Waals surface area contributed by atoms with E-state index in [-0.39, 0.29) is 17.7 Å². The first-order valence-electron chi connectivity index (χ1n) is 8.36. The minimum atomic E-state index is -0.988. The van der Waals surface area contributed by atoms with Gasteiger partial charge in [0.2, 0.25) is 0 Å². The molecule has 6 nitrogen and oxygen atoms in total. The number of rotatable bonds is 7. The summed E-state index contributed by atoms with van der Waals surface area (Å²) >= 11 is 1.54. The van der Waals surface area contributed by atoms with Gasteiger partial charge in [0.25, 0.3) is 5.56 Å². The van der Waals surface area contributed by atoms with Crippen molar-refractivity contribution in [2.24, 2.45) is 0 Å². The van der Waals surface area contributed by atoms with E-state index in [1.165, 1.54) is 17.4 Å². The minimum Gasteiger partial charge on any atom is -0.478 e. The quantitative estimate of drug-likeness (QED) is 0.690. The molecule has 0 aliphatic heterocycles. The first-order valence-corrected chi connectivity index (χ1v) is 9.18. The molecule has 0 unspecified atom stereocenters. The molecule has 26 heavy (non-hydrogen) atoms. The third-order valence-electron chi connectivity index (χ3n) is 4.17. The number of carboxylic acids is 1. The monoisotopic (exact) mass is 372 g/mol. The molecule has 2 aromatic heterocycles. The Labute approximate surface area is 154 Å². The maximum Gasteiger partial charge on any atom is 0.335 e. The van der Waals surface area contributed by atoms with Gasteiger partial charge in [-0.05, 0) is 30.2 Å². The average molecular weight is 372 g/mol. The zero-order chi connectivity index (χ0) is 18.7. The molecule has 0 bridgehead atoms. The predicted octanol–water partition coefficient (Wildman–Crippen LogP) is 2.96. The van der Waals surface area contributed by atoms with Gasteiger partial charge in [0.15, 0.2) is 0 Å². The normalized spacial score (nSPS) is 11.2. The summed E-state index contributed by atoms with van der Waals surface area (Å²) < 4.78 is 6.77. The summed E-state index contributed by atoms with van der Waals surface area (Å²) in [6.07, 6.45) is 1.37. The smallest absolute Gasteiger partial charge is 0.335 e.